The van der Waals surface area contributed by atoms with Crippen molar-refractivity contribution < 1.29 is 9.21 Å². The van der Waals surface area contributed by atoms with Gasteiger partial charge in [0.15, 0.2) is 0 Å². The molecule has 90 valence electrons. The molecule has 5 heteroatoms. The molecular formula is C12H10BrClO2S. The summed E-state index contributed by atoms with van der Waals surface area (Å²) < 4.78 is 6.24. The average molecular weight is 334 g/mol. The molecule has 0 aliphatic rings. The van der Waals surface area contributed by atoms with Crippen molar-refractivity contribution in [3.8, 4) is 0 Å². The largest absolute Gasteiger partial charge is 0.466 e. The fourth-order valence-corrected chi connectivity index (χ4v) is 3.36. The number of furan rings is 1. The number of rotatable bonds is 2. The van der Waals surface area contributed by atoms with Crippen molar-refractivity contribution in [2.45, 2.75) is 20.8 Å². The van der Waals surface area contributed by atoms with Crippen LogP contribution < -0.4 is 0 Å². The highest BCUT2D eigenvalue weighted by molar-refractivity contribution is 9.11. The van der Waals surface area contributed by atoms with Crippen LogP contribution in [-0.4, -0.2) is 5.78 Å². The van der Waals surface area contributed by atoms with Crippen molar-refractivity contribution in [3.05, 3.63) is 42.4 Å². The monoisotopic (exact) mass is 332 g/mol. The third-order valence-electron chi connectivity index (χ3n) is 2.66. The van der Waals surface area contributed by atoms with Gasteiger partial charge in [-0.1, -0.05) is 11.6 Å². The van der Waals surface area contributed by atoms with Gasteiger partial charge in [0.1, 0.15) is 11.5 Å². The molecule has 0 fully saturated rings. The van der Waals surface area contributed by atoms with Gasteiger partial charge in [0, 0.05) is 5.56 Å². The van der Waals surface area contributed by atoms with Gasteiger partial charge in [-0.3, -0.25) is 4.79 Å². The summed E-state index contributed by atoms with van der Waals surface area (Å²) in [5.41, 5.74) is 1.54. The Balaban J connectivity index is 2.50. The number of carbonyl (C=O) groups excluding carboxylic acids is 1. The molecule has 0 aliphatic heterocycles. The molecule has 0 spiro atoms. The highest BCUT2D eigenvalue weighted by Gasteiger charge is 2.22. The molecular weight excluding hydrogens is 324 g/mol. The van der Waals surface area contributed by atoms with Gasteiger partial charge in [-0.2, -0.15) is 0 Å². The SMILES string of the molecule is Cc1oc(C)c(C(=O)c2cc(Cl)c(Br)s2)c1C. The minimum absolute atomic E-state index is 0.0329. The van der Waals surface area contributed by atoms with Crippen LogP contribution in [0, 0.1) is 20.8 Å². The molecule has 0 radical (unpaired) electrons. The van der Waals surface area contributed by atoms with Crippen molar-refractivity contribution in [1.29, 1.82) is 0 Å². The smallest absolute Gasteiger partial charge is 0.206 e. The first-order chi connectivity index (χ1) is 7.91. The molecule has 2 rings (SSSR count). The first-order valence-corrected chi connectivity index (χ1v) is 6.96. The molecule has 2 aromatic rings. The van der Waals surface area contributed by atoms with E-state index in [-0.39, 0.29) is 5.78 Å². The van der Waals surface area contributed by atoms with E-state index in [1.54, 1.807) is 13.0 Å². The summed E-state index contributed by atoms with van der Waals surface area (Å²) in [6.07, 6.45) is 0. The van der Waals surface area contributed by atoms with E-state index in [0.717, 1.165) is 15.1 Å². The Bertz CT molecular complexity index is 578. The van der Waals surface area contributed by atoms with Crippen LogP contribution in [-0.2, 0) is 0 Å². The zero-order chi connectivity index (χ0) is 12.7. The van der Waals surface area contributed by atoms with Crippen LogP contribution in [0.1, 0.15) is 32.3 Å². The zero-order valence-electron chi connectivity index (χ0n) is 9.56. The molecule has 0 saturated carbocycles. The van der Waals surface area contributed by atoms with E-state index < -0.39 is 0 Å². The fourth-order valence-electron chi connectivity index (χ4n) is 1.71. The number of aryl methyl sites for hydroxylation is 2. The molecule has 0 aliphatic carbocycles. The first-order valence-electron chi connectivity index (χ1n) is 4.98. The predicted molar refractivity (Wildman–Crippen MR) is 73.4 cm³/mol. The van der Waals surface area contributed by atoms with Crippen molar-refractivity contribution in [3.63, 3.8) is 0 Å². The highest BCUT2D eigenvalue weighted by Crippen LogP contribution is 2.34. The molecule has 0 aromatic carbocycles. The number of thiophene rings is 1. The maximum absolute atomic E-state index is 12.3. The normalized spacial score (nSPS) is 10.9. The molecule has 17 heavy (non-hydrogen) atoms. The van der Waals surface area contributed by atoms with Crippen molar-refractivity contribution in [1.82, 2.24) is 0 Å². The third kappa shape index (κ3) is 2.21. The van der Waals surface area contributed by atoms with Gasteiger partial charge in [-0.15, -0.1) is 11.3 Å². The minimum atomic E-state index is -0.0329. The van der Waals surface area contributed by atoms with Gasteiger partial charge in [0.05, 0.1) is 19.2 Å². The molecule has 2 aromatic heterocycles. The standard InChI is InChI=1S/C12H10BrClO2S/c1-5-6(2)16-7(3)10(5)11(15)9-4-8(14)12(13)17-9/h4H,1-3H3. The molecule has 0 saturated heterocycles. The Kier molecular flexibility index (Phi) is 3.48. The Morgan fingerprint density at radius 3 is 2.41 bits per heavy atom. The second-order valence-corrected chi connectivity index (χ2v) is 6.55. The van der Waals surface area contributed by atoms with E-state index in [9.17, 15) is 4.79 Å². The summed E-state index contributed by atoms with van der Waals surface area (Å²) in [6, 6.07) is 1.68. The van der Waals surface area contributed by atoms with Crippen LogP contribution in [0.4, 0.5) is 0 Å². The minimum Gasteiger partial charge on any atom is -0.466 e. The van der Waals surface area contributed by atoms with Crippen molar-refractivity contribution in [2.75, 3.05) is 0 Å². The maximum atomic E-state index is 12.3. The van der Waals surface area contributed by atoms with Crippen LogP contribution in [0.2, 0.25) is 5.02 Å². The Labute approximate surface area is 117 Å². The van der Waals surface area contributed by atoms with E-state index in [1.807, 2.05) is 13.8 Å². The lowest BCUT2D eigenvalue weighted by Gasteiger charge is -1.97. The molecule has 2 heterocycles. The summed E-state index contributed by atoms with van der Waals surface area (Å²) in [5, 5.41) is 0.564. The summed E-state index contributed by atoms with van der Waals surface area (Å²) in [6.45, 7) is 5.55. The summed E-state index contributed by atoms with van der Waals surface area (Å²) >= 11 is 10.6. The predicted octanol–water partition coefficient (Wildman–Crippen LogP) is 4.91. The number of hydrogen-bond donors (Lipinski definition) is 0. The zero-order valence-corrected chi connectivity index (χ0v) is 12.7. The average Bonchev–Trinajstić information content (AvgIpc) is 2.70. The van der Waals surface area contributed by atoms with Gasteiger partial charge >= 0.3 is 0 Å². The Morgan fingerprint density at radius 1 is 1.35 bits per heavy atom. The summed E-state index contributed by atoms with van der Waals surface area (Å²) in [5.74, 6) is 1.41. The lowest BCUT2D eigenvalue weighted by Crippen LogP contribution is -2.01. The van der Waals surface area contributed by atoms with Crippen LogP contribution >= 0.6 is 38.9 Å². The van der Waals surface area contributed by atoms with Gasteiger partial charge < -0.3 is 4.42 Å². The van der Waals surface area contributed by atoms with Crippen LogP contribution in [0.5, 0.6) is 0 Å². The second-order valence-electron chi connectivity index (χ2n) is 3.78. The molecule has 0 atom stereocenters. The number of halogens is 2. The highest BCUT2D eigenvalue weighted by atomic mass is 79.9. The Morgan fingerprint density at radius 2 is 2.00 bits per heavy atom. The van der Waals surface area contributed by atoms with Crippen LogP contribution in [0.3, 0.4) is 0 Å². The number of carbonyl (C=O) groups is 1. The molecule has 0 N–H and O–H groups in total. The van der Waals surface area contributed by atoms with Crippen LogP contribution in [0.25, 0.3) is 0 Å². The number of hydrogen-bond acceptors (Lipinski definition) is 3. The van der Waals surface area contributed by atoms with E-state index in [1.165, 1.54) is 11.3 Å². The number of ketones is 1. The van der Waals surface area contributed by atoms with E-state index in [2.05, 4.69) is 15.9 Å². The Hall–Kier alpha value is -0.580. The molecule has 0 amide bonds. The summed E-state index contributed by atoms with van der Waals surface area (Å²) in [4.78, 5) is 13.0. The van der Waals surface area contributed by atoms with Gasteiger partial charge in [0.2, 0.25) is 5.78 Å². The summed E-state index contributed by atoms with van der Waals surface area (Å²) in [7, 11) is 0. The molecule has 0 bridgehead atoms. The molecule has 0 unspecified atom stereocenters. The van der Waals surface area contributed by atoms with E-state index in [4.69, 9.17) is 16.0 Å². The molecule has 2 nitrogen and oxygen atoms in total. The fraction of sp³-hybridized carbons (Fsp3) is 0.250. The second kappa shape index (κ2) is 4.59. The quantitative estimate of drug-likeness (QED) is 0.731. The lowest BCUT2D eigenvalue weighted by atomic mass is 10.1. The van der Waals surface area contributed by atoms with Crippen molar-refractivity contribution >= 4 is 44.7 Å². The lowest BCUT2D eigenvalue weighted by molar-refractivity contribution is 0.104. The topological polar surface area (TPSA) is 30.2 Å². The van der Waals surface area contributed by atoms with Crippen molar-refractivity contribution in [2.24, 2.45) is 0 Å². The third-order valence-corrected chi connectivity index (χ3v) is 5.13. The van der Waals surface area contributed by atoms with Gasteiger partial charge in [-0.25, -0.2) is 0 Å². The van der Waals surface area contributed by atoms with Crippen LogP contribution in [0.15, 0.2) is 14.3 Å². The van der Waals surface area contributed by atoms with Gasteiger partial charge in [-0.05, 0) is 42.8 Å². The maximum Gasteiger partial charge on any atom is 0.206 e. The van der Waals surface area contributed by atoms with E-state index in [0.29, 0.717) is 21.2 Å². The first kappa shape index (κ1) is 12.9. The van der Waals surface area contributed by atoms with Gasteiger partial charge in [0.25, 0.3) is 0 Å². The van der Waals surface area contributed by atoms with E-state index >= 15 is 0 Å².